The first-order chi connectivity index (χ1) is 15.7. The molecule has 0 atom stereocenters. The third kappa shape index (κ3) is 6.00. The lowest BCUT2D eigenvalue weighted by Crippen LogP contribution is -2.14. The van der Waals surface area contributed by atoms with Crippen molar-refractivity contribution in [3.05, 3.63) is 87.9 Å². The van der Waals surface area contributed by atoms with Crippen LogP contribution in [0.1, 0.15) is 11.1 Å². The van der Waals surface area contributed by atoms with Gasteiger partial charge in [-0.05, 0) is 82.5 Å². The standard InChI is InChI=1S/C24H19BrN2O5S/c1-16-5-3-4-6-22(16)27-24(28)18(15-26)13-17-7-12-23(21(25)14-17)32-33(29,30)20-10-8-19(31-2)9-11-20/h3-14H,1-2H3,(H,27,28)/b18-13+. The van der Waals surface area contributed by atoms with Crippen LogP contribution in [-0.4, -0.2) is 21.4 Å². The number of carbonyl (C=O) groups excluding carboxylic acids is 1. The molecule has 1 N–H and O–H groups in total. The van der Waals surface area contributed by atoms with Crippen LogP contribution in [0.3, 0.4) is 0 Å². The highest BCUT2D eigenvalue weighted by Crippen LogP contribution is 2.30. The number of para-hydroxylation sites is 1. The first kappa shape index (κ1) is 24.0. The SMILES string of the molecule is COc1ccc(S(=O)(=O)Oc2ccc(/C=C(\C#N)C(=O)Nc3ccccc3C)cc2Br)cc1. The first-order valence-electron chi connectivity index (χ1n) is 9.60. The van der Waals surface area contributed by atoms with Crippen molar-refractivity contribution in [1.29, 1.82) is 5.26 Å². The van der Waals surface area contributed by atoms with Crippen LogP contribution in [0.4, 0.5) is 5.69 Å². The molecule has 0 aromatic heterocycles. The largest absolute Gasteiger partial charge is 0.497 e. The summed E-state index contributed by atoms with van der Waals surface area (Å²) in [5.74, 6) is 0.0298. The number of aryl methyl sites for hydroxylation is 1. The number of hydrogen-bond acceptors (Lipinski definition) is 6. The summed E-state index contributed by atoms with van der Waals surface area (Å²) in [5, 5.41) is 12.2. The Labute approximate surface area is 200 Å². The quantitative estimate of drug-likeness (QED) is 0.261. The maximum atomic E-state index is 12.6. The molecule has 0 radical (unpaired) electrons. The van der Waals surface area contributed by atoms with Gasteiger partial charge in [-0.3, -0.25) is 4.79 Å². The Morgan fingerprint density at radius 3 is 2.39 bits per heavy atom. The highest BCUT2D eigenvalue weighted by molar-refractivity contribution is 9.10. The predicted octanol–water partition coefficient (Wildman–Crippen LogP) is 5.08. The fraction of sp³-hybridized carbons (Fsp3) is 0.0833. The molecular weight excluding hydrogens is 508 g/mol. The number of halogens is 1. The van der Waals surface area contributed by atoms with Crippen LogP contribution in [0, 0.1) is 18.3 Å². The normalized spacial score (nSPS) is 11.4. The third-order valence-electron chi connectivity index (χ3n) is 4.57. The zero-order valence-corrected chi connectivity index (χ0v) is 20.1. The highest BCUT2D eigenvalue weighted by Gasteiger charge is 2.19. The molecule has 0 aliphatic heterocycles. The number of nitrogens with zero attached hydrogens (tertiary/aromatic N) is 1. The number of rotatable bonds is 7. The number of methoxy groups -OCH3 is 1. The van der Waals surface area contributed by atoms with E-state index in [9.17, 15) is 18.5 Å². The summed E-state index contributed by atoms with van der Waals surface area (Å²) >= 11 is 3.29. The molecule has 0 bridgehead atoms. The van der Waals surface area contributed by atoms with Crippen molar-refractivity contribution in [3.63, 3.8) is 0 Å². The smallest absolute Gasteiger partial charge is 0.339 e. The monoisotopic (exact) mass is 526 g/mol. The van der Waals surface area contributed by atoms with E-state index in [2.05, 4.69) is 21.2 Å². The van der Waals surface area contributed by atoms with Gasteiger partial charge in [0.1, 0.15) is 22.3 Å². The number of ether oxygens (including phenoxy) is 1. The fourth-order valence-corrected chi connectivity index (χ4v) is 4.33. The molecular formula is C24H19BrN2O5S. The molecule has 0 saturated carbocycles. The number of benzene rings is 3. The molecule has 3 aromatic rings. The summed E-state index contributed by atoms with van der Waals surface area (Å²) in [5.41, 5.74) is 1.88. The highest BCUT2D eigenvalue weighted by atomic mass is 79.9. The van der Waals surface area contributed by atoms with Crippen molar-refractivity contribution in [2.75, 3.05) is 12.4 Å². The van der Waals surface area contributed by atoms with E-state index >= 15 is 0 Å². The van der Waals surface area contributed by atoms with Gasteiger partial charge in [0.2, 0.25) is 0 Å². The van der Waals surface area contributed by atoms with Crippen LogP contribution >= 0.6 is 15.9 Å². The van der Waals surface area contributed by atoms with Crippen molar-refractivity contribution < 1.29 is 22.1 Å². The van der Waals surface area contributed by atoms with Crippen LogP contribution < -0.4 is 14.2 Å². The molecule has 33 heavy (non-hydrogen) atoms. The van der Waals surface area contributed by atoms with Crippen LogP contribution in [-0.2, 0) is 14.9 Å². The Morgan fingerprint density at radius 2 is 1.79 bits per heavy atom. The molecule has 0 unspecified atom stereocenters. The minimum Gasteiger partial charge on any atom is -0.497 e. The molecule has 0 fully saturated rings. The van der Waals surface area contributed by atoms with Gasteiger partial charge in [0.15, 0.2) is 5.75 Å². The van der Waals surface area contributed by atoms with E-state index in [-0.39, 0.29) is 16.2 Å². The van der Waals surface area contributed by atoms with E-state index in [1.54, 1.807) is 24.3 Å². The zero-order valence-electron chi connectivity index (χ0n) is 17.7. The zero-order chi connectivity index (χ0) is 24.0. The molecule has 7 nitrogen and oxygen atoms in total. The molecule has 3 aromatic carbocycles. The minimum atomic E-state index is -4.07. The van der Waals surface area contributed by atoms with Crippen LogP contribution in [0.25, 0.3) is 6.08 Å². The van der Waals surface area contributed by atoms with Crippen LogP contribution in [0.5, 0.6) is 11.5 Å². The number of hydrogen-bond donors (Lipinski definition) is 1. The molecule has 168 valence electrons. The lowest BCUT2D eigenvalue weighted by molar-refractivity contribution is -0.112. The molecule has 3 rings (SSSR count). The van der Waals surface area contributed by atoms with Crippen molar-refractivity contribution in [2.24, 2.45) is 0 Å². The Morgan fingerprint density at radius 1 is 1.09 bits per heavy atom. The van der Waals surface area contributed by atoms with Crippen LogP contribution in [0.15, 0.2) is 81.7 Å². The summed E-state index contributed by atoms with van der Waals surface area (Å²) in [6.07, 6.45) is 1.40. The topological polar surface area (TPSA) is 105 Å². The molecule has 0 saturated heterocycles. The van der Waals surface area contributed by atoms with E-state index in [0.29, 0.717) is 21.5 Å². The van der Waals surface area contributed by atoms with Gasteiger partial charge in [-0.15, -0.1) is 0 Å². The van der Waals surface area contributed by atoms with Gasteiger partial charge in [-0.2, -0.15) is 13.7 Å². The molecule has 1 amide bonds. The van der Waals surface area contributed by atoms with E-state index in [4.69, 9.17) is 8.92 Å². The summed E-state index contributed by atoms with van der Waals surface area (Å²) in [6, 6.07) is 19.4. The lowest BCUT2D eigenvalue weighted by Gasteiger charge is -2.10. The number of anilines is 1. The van der Waals surface area contributed by atoms with Gasteiger partial charge < -0.3 is 14.2 Å². The summed E-state index contributed by atoms with van der Waals surface area (Å²) in [4.78, 5) is 12.5. The Balaban J connectivity index is 1.80. The van der Waals surface area contributed by atoms with Crippen molar-refractivity contribution in [1.82, 2.24) is 0 Å². The maximum Gasteiger partial charge on any atom is 0.339 e. The number of nitriles is 1. The third-order valence-corrected chi connectivity index (χ3v) is 6.44. The van der Waals surface area contributed by atoms with Gasteiger partial charge >= 0.3 is 10.1 Å². The second-order valence-corrected chi connectivity index (χ2v) is 9.24. The van der Waals surface area contributed by atoms with E-state index in [1.807, 2.05) is 25.1 Å². The summed E-state index contributed by atoms with van der Waals surface area (Å²) < 4.78 is 35.7. The number of carbonyl (C=O) groups is 1. The van der Waals surface area contributed by atoms with Crippen LogP contribution in [0.2, 0.25) is 0 Å². The Hall–Kier alpha value is -3.61. The second-order valence-electron chi connectivity index (χ2n) is 6.84. The van der Waals surface area contributed by atoms with Gasteiger partial charge in [-0.25, -0.2) is 0 Å². The van der Waals surface area contributed by atoms with E-state index in [0.717, 1.165) is 5.56 Å². The number of amides is 1. The van der Waals surface area contributed by atoms with Gasteiger partial charge in [0.25, 0.3) is 5.91 Å². The average molecular weight is 527 g/mol. The molecule has 9 heteroatoms. The van der Waals surface area contributed by atoms with Crippen molar-refractivity contribution >= 4 is 43.7 Å². The Bertz CT molecular complexity index is 1360. The maximum absolute atomic E-state index is 12.6. The van der Waals surface area contributed by atoms with Crippen molar-refractivity contribution in [3.8, 4) is 17.6 Å². The average Bonchev–Trinajstić information content (AvgIpc) is 2.80. The van der Waals surface area contributed by atoms with Gasteiger partial charge in [-0.1, -0.05) is 24.3 Å². The molecule has 0 spiro atoms. The Kier molecular flexibility index (Phi) is 7.53. The number of nitrogens with one attached hydrogen (secondary N) is 1. The minimum absolute atomic E-state index is 0.0289. The predicted molar refractivity (Wildman–Crippen MR) is 128 cm³/mol. The molecule has 0 aliphatic rings. The first-order valence-corrected chi connectivity index (χ1v) is 11.8. The van der Waals surface area contributed by atoms with E-state index in [1.165, 1.54) is 43.5 Å². The van der Waals surface area contributed by atoms with Gasteiger partial charge in [0, 0.05) is 5.69 Å². The van der Waals surface area contributed by atoms with Gasteiger partial charge in [0.05, 0.1) is 11.6 Å². The molecule has 0 heterocycles. The lowest BCUT2D eigenvalue weighted by atomic mass is 10.1. The molecule has 0 aliphatic carbocycles. The van der Waals surface area contributed by atoms with Crippen molar-refractivity contribution in [2.45, 2.75) is 11.8 Å². The summed E-state index contributed by atoms with van der Waals surface area (Å²) in [7, 11) is -2.59. The second kappa shape index (κ2) is 10.3. The van der Waals surface area contributed by atoms with E-state index < -0.39 is 16.0 Å². The fourth-order valence-electron chi connectivity index (χ4n) is 2.80. The summed E-state index contributed by atoms with van der Waals surface area (Å²) in [6.45, 7) is 1.85.